The number of rotatable bonds is 6. The molecule has 2 amide bonds. The number of benzene rings is 1. The van der Waals surface area contributed by atoms with Crippen molar-refractivity contribution in [3.63, 3.8) is 0 Å². The molecule has 0 radical (unpaired) electrons. The zero-order chi connectivity index (χ0) is 15.0. The van der Waals surface area contributed by atoms with Crippen LogP contribution in [-0.4, -0.2) is 38.0 Å². The molecule has 0 aromatic heterocycles. The van der Waals surface area contributed by atoms with Crippen LogP contribution in [0.1, 0.15) is 16.8 Å². The number of carbonyl (C=O) groups is 3. The number of amides is 2. The van der Waals surface area contributed by atoms with Gasteiger partial charge in [0, 0.05) is 16.6 Å². The number of nitrogens with one attached hydrogen (secondary N) is 2. The summed E-state index contributed by atoms with van der Waals surface area (Å²) >= 11 is 3.27. The van der Waals surface area contributed by atoms with E-state index < -0.39 is 5.97 Å². The average molecular weight is 343 g/mol. The number of halogens is 1. The first-order valence-electron chi connectivity index (χ1n) is 5.90. The van der Waals surface area contributed by atoms with Gasteiger partial charge in [0.1, 0.15) is 0 Å². The molecule has 0 aliphatic carbocycles. The predicted molar refractivity (Wildman–Crippen MR) is 76.1 cm³/mol. The topological polar surface area (TPSA) is 84.5 Å². The average Bonchev–Trinajstić information content (AvgIpc) is 2.45. The van der Waals surface area contributed by atoms with Gasteiger partial charge in [0.15, 0.2) is 0 Å². The fourth-order valence-corrected chi connectivity index (χ4v) is 1.60. The molecule has 0 bridgehead atoms. The molecule has 0 aliphatic rings. The van der Waals surface area contributed by atoms with Gasteiger partial charge in [-0.2, -0.15) is 0 Å². The molecule has 0 saturated heterocycles. The second kappa shape index (κ2) is 8.31. The van der Waals surface area contributed by atoms with Gasteiger partial charge in [-0.1, -0.05) is 15.9 Å². The molecule has 0 fully saturated rings. The number of carbonyl (C=O) groups excluding carboxylic acids is 3. The Hall–Kier alpha value is -1.89. The molecule has 1 aromatic carbocycles. The first-order chi connectivity index (χ1) is 9.52. The first kappa shape index (κ1) is 16.2. The summed E-state index contributed by atoms with van der Waals surface area (Å²) in [6, 6.07) is 6.78. The molecule has 0 heterocycles. The molecule has 1 aromatic rings. The minimum absolute atomic E-state index is 0.100. The highest BCUT2D eigenvalue weighted by Gasteiger charge is 2.08. The Kier molecular flexibility index (Phi) is 6.72. The van der Waals surface area contributed by atoms with Crippen molar-refractivity contribution in [3.8, 4) is 0 Å². The van der Waals surface area contributed by atoms with Crippen LogP contribution in [0, 0.1) is 0 Å². The Balaban J connectivity index is 2.28. The van der Waals surface area contributed by atoms with Crippen molar-refractivity contribution in [1.29, 1.82) is 0 Å². The Morgan fingerprint density at radius 3 is 2.40 bits per heavy atom. The van der Waals surface area contributed by atoms with Crippen LogP contribution in [0.5, 0.6) is 0 Å². The van der Waals surface area contributed by atoms with Crippen LogP contribution in [-0.2, 0) is 14.3 Å². The Morgan fingerprint density at radius 2 is 1.80 bits per heavy atom. The largest absolute Gasteiger partial charge is 0.469 e. The van der Waals surface area contributed by atoms with Crippen molar-refractivity contribution >= 4 is 33.7 Å². The summed E-state index contributed by atoms with van der Waals surface area (Å²) in [5.41, 5.74) is 0.468. The van der Waals surface area contributed by atoms with Crippen molar-refractivity contribution in [1.82, 2.24) is 10.6 Å². The van der Waals surface area contributed by atoms with Crippen molar-refractivity contribution in [2.24, 2.45) is 0 Å². The molecule has 0 unspecified atom stereocenters. The van der Waals surface area contributed by atoms with E-state index in [2.05, 4.69) is 31.3 Å². The quantitative estimate of drug-likeness (QED) is 0.751. The van der Waals surface area contributed by atoms with Gasteiger partial charge in [0.25, 0.3) is 5.91 Å². The number of methoxy groups -OCH3 is 1. The maximum atomic E-state index is 11.7. The molecule has 0 spiro atoms. The first-order valence-corrected chi connectivity index (χ1v) is 6.69. The third kappa shape index (κ3) is 5.83. The van der Waals surface area contributed by atoms with Crippen LogP contribution in [0.4, 0.5) is 0 Å². The van der Waals surface area contributed by atoms with Gasteiger partial charge in [-0.05, 0) is 24.3 Å². The normalized spacial score (nSPS) is 9.70. The molecule has 20 heavy (non-hydrogen) atoms. The summed E-state index contributed by atoms with van der Waals surface area (Å²) in [6.07, 6.45) is 0.100. The van der Waals surface area contributed by atoms with Crippen molar-refractivity contribution in [3.05, 3.63) is 34.3 Å². The summed E-state index contributed by atoms with van der Waals surface area (Å²) in [5.74, 6) is -1.09. The number of esters is 1. The highest BCUT2D eigenvalue weighted by molar-refractivity contribution is 9.10. The number of ether oxygens (including phenoxy) is 1. The standard InChI is InChI=1S/C13H15BrN2O4/c1-20-12(18)6-7-15-11(17)8-16-13(19)9-2-4-10(14)5-3-9/h2-5H,6-8H2,1H3,(H,15,17)(H,16,19). The third-order valence-electron chi connectivity index (χ3n) is 2.39. The minimum atomic E-state index is -0.399. The SMILES string of the molecule is COC(=O)CCNC(=O)CNC(=O)c1ccc(Br)cc1. The van der Waals surface area contributed by atoms with Crippen molar-refractivity contribution in [2.75, 3.05) is 20.2 Å². The van der Waals surface area contributed by atoms with Crippen LogP contribution in [0.3, 0.4) is 0 Å². The van der Waals surface area contributed by atoms with Gasteiger partial charge < -0.3 is 15.4 Å². The maximum Gasteiger partial charge on any atom is 0.307 e. The molecule has 6 nitrogen and oxygen atoms in total. The monoisotopic (exact) mass is 342 g/mol. The molecule has 1 rings (SSSR count). The van der Waals surface area contributed by atoms with E-state index in [1.54, 1.807) is 24.3 Å². The summed E-state index contributed by atoms with van der Waals surface area (Å²) in [7, 11) is 1.28. The molecule has 0 aliphatic heterocycles. The van der Waals surface area contributed by atoms with Crippen LogP contribution in [0.15, 0.2) is 28.7 Å². The lowest BCUT2D eigenvalue weighted by Gasteiger charge is -2.06. The Morgan fingerprint density at radius 1 is 1.15 bits per heavy atom. The minimum Gasteiger partial charge on any atom is -0.469 e. The van der Waals surface area contributed by atoms with E-state index in [1.165, 1.54) is 7.11 Å². The van der Waals surface area contributed by atoms with E-state index >= 15 is 0 Å². The Labute approximate surface area is 125 Å². The van der Waals surface area contributed by atoms with E-state index in [4.69, 9.17) is 0 Å². The highest BCUT2D eigenvalue weighted by Crippen LogP contribution is 2.10. The Bertz CT molecular complexity index is 488. The van der Waals surface area contributed by atoms with Crippen LogP contribution < -0.4 is 10.6 Å². The predicted octanol–water partition coefficient (Wildman–Crippen LogP) is 0.858. The van der Waals surface area contributed by atoms with E-state index in [0.717, 1.165) is 4.47 Å². The van der Waals surface area contributed by atoms with Crippen molar-refractivity contribution < 1.29 is 19.1 Å². The molecule has 0 saturated carbocycles. The number of hydrogen-bond acceptors (Lipinski definition) is 4. The fraction of sp³-hybridized carbons (Fsp3) is 0.308. The lowest BCUT2D eigenvalue weighted by atomic mass is 10.2. The molecule has 2 N–H and O–H groups in total. The molecule has 7 heteroatoms. The van der Waals surface area contributed by atoms with Gasteiger partial charge in [-0.25, -0.2) is 0 Å². The van der Waals surface area contributed by atoms with E-state index in [1.807, 2.05) is 0 Å². The molecule has 0 atom stereocenters. The van der Waals surface area contributed by atoms with Gasteiger partial charge in [-0.3, -0.25) is 14.4 Å². The third-order valence-corrected chi connectivity index (χ3v) is 2.92. The van der Waals surface area contributed by atoms with Gasteiger partial charge in [0.05, 0.1) is 20.1 Å². The second-order valence-corrected chi connectivity index (χ2v) is 4.78. The van der Waals surface area contributed by atoms with Crippen LogP contribution in [0.2, 0.25) is 0 Å². The number of hydrogen-bond donors (Lipinski definition) is 2. The van der Waals surface area contributed by atoms with Crippen LogP contribution in [0.25, 0.3) is 0 Å². The van der Waals surface area contributed by atoms with Gasteiger partial charge in [0.2, 0.25) is 5.91 Å². The zero-order valence-electron chi connectivity index (χ0n) is 10.9. The van der Waals surface area contributed by atoms with E-state index in [0.29, 0.717) is 5.56 Å². The van der Waals surface area contributed by atoms with E-state index in [9.17, 15) is 14.4 Å². The van der Waals surface area contributed by atoms with Gasteiger partial charge >= 0.3 is 5.97 Å². The maximum absolute atomic E-state index is 11.7. The van der Waals surface area contributed by atoms with E-state index in [-0.39, 0.29) is 31.3 Å². The molecule has 108 valence electrons. The molecular formula is C13H15BrN2O4. The highest BCUT2D eigenvalue weighted by atomic mass is 79.9. The van der Waals surface area contributed by atoms with Gasteiger partial charge in [-0.15, -0.1) is 0 Å². The second-order valence-electron chi connectivity index (χ2n) is 3.87. The lowest BCUT2D eigenvalue weighted by molar-refractivity contribution is -0.140. The summed E-state index contributed by atoms with van der Waals surface area (Å²) in [5, 5.41) is 4.99. The fourth-order valence-electron chi connectivity index (χ4n) is 1.33. The smallest absolute Gasteiger partial charge is 0.307 e. The summed E-state index contributed by atoms with van der Waals surface area (Å²) in [4.78, 5) is 34.0. The zero-order valence-corrected chi connectivity index (χ0v) is 12.5. The summed E-state index contributed by atoms with van der Waals surface area (Å²) < 4.78 is 5.30. The lowest BCUT2D eigenvalue weighted by Crippen LogP contribution is -2.37. The molecular weight excluding hydrogens is 328 g/mol. The summed E-state index contributed by atoms with van der Waals surface area (Å²) in [6.45, 7) is 0.0374. The van der Waals surface area contributed by atoms with Crippen LogP contribution >= 0.6 is 15.9 Å². The van der Waals surface area contributed by atoms with Crippen molar-refractivity contribution in [2.45, 2.75) is 6.42 Å².